The van der Waals surface area contributed by atoms with E-state index in [1.54, 1.807) is 18.0 Å². The Hall–Kier alpha value is -3.16. The maximum Gasteiger partial charge on any atom is 0.251 e. The van der Waals surface area contributed by atoms with Crippen LogP contribution in [0, 0.1) is 6.92 Å². The first-order chi connectivity index (χ1) is 16.7. The Morgan fingerprint density at radius 2 is 1.91 bits per heavy atom. The summed E-state index contributed by atoms with van der Waals surface area (Å²) in [5, 5.41) is 3.94. The summed E-state index contributed by atoms with van der Waals surface area (Å²) >= 11 is 1.70. The van der Waals surface area contributed by atoms with Crippen LogP contribution in [0.3, 0.4) is 0 Å². The van der Waals surface area contributed by atoms with E-state index in [4.69, 9.17) is 9.72 Å². The number of nitrogens with zero attached hydrogens (tertiary/aromatic N) is 3. The number of hydrogen-bond donors (Lipinski definition) is 1. The average molecular weight is 473 g/mol. The van der Waals surface area contributed by atoms with E-state index in [9.17, 15) is 4.79 Å². The predicted octanol–water partition coefficient (Wildman–Crippen LogP) is 4.99. The lowest BCUT2D eigenvalue weighted by molar-refractivity contribution is 0.0858. The van der Waals surface area contributed by atoms with Crippen molar-refractivity contribution in [2.45, 2.75) is 43.3 Å². The van der Waals surface area contributed by atoms with E-state index in [2.05, 4.69) is 46.1 Å². The fraction of sp³-hybridized carbons (Fsp3) is 0.296. The Morgan fingerprint density at radius 1 is 1.12 bits per heavy atom. The molecule has 0 unspecified atom stereocenters. The van der Waals surface area contributed by atoms with Crippen LogP contribution >= 0.6 is 11.8 Å². The van der Waals surface area contributed by atoms with Crippen LogP contribution in [0.2, 0.25) is 0 Å². The van der Waals surface area contributed by atoms with Gasteiger partial charge in [-0.05, 0) is 49.1 Å². The molecule has 1 saturated heterocycles. The number of carbonyl (C=O) groups excluding carboxylic acids is 1. The standard InChI is InChI=1S/C27H28N4O2S/c1-19-4-6-20(7-5-19)17-31-25-16-28-13-12-24(25)30-27(31)34-18-21-8-10-22(11-9-21)26(32)29-15-23-3-2-14-33-23/h4-13,16,23H,2-3,14-15,17-18H2,1H3,(H,29,32)/t23-/m0/s1. The summed E-state index contributed by atoms with van der Waals surface area (Å²) in [6.07, 6.45) is 5.89. The van der Waals surface area contributed by atoms with E-state index < -0.39 is 0 Å². The Labute approximate surface area is 203 Å². The van der Waals surface area contributed by atoms with E-state index >= 15 is 0 Å². The molecular formula is C27H28N4O2S. The van der Waals surface area contributed by atoms with Gasteiger partial charge in [-0.2, -0.15) is 0 Å². The van der Waals surface area contributed by atoms with Crippen molar-refractivity contribution < 1.29 is 9.53 Å². The van der Waals surface area contributed by atoms with Crippen LogP contribution in [0.25, 0.3) is 11.0 Å². The second-order valence-corrected chi connectivity index (χ2v) is 9.60. The SMILES string of the molecule is Cc1ccc(Cn2c(SCc3ccc(C(=O)NC[C@@H]4CCCO4)cc3)nc3ccncc32)cc1. The smallest absolute Gasteiger partial charge is 0.251 e. The number of nitrogens with one attached hydrogen (secondary N) is 1. The van der Waals surface area contributed by atoms with Crippen LogP contribution in [0.15, 0.2) is 72.1 Å². The highest BCUT2D eigenvalue weighted by molar-refractivity contribution is 7.98. The molecule has 1 aliphatic heterocycles. The van der Waals surface area contributed by atoms with E-state index in [1.807, 2.05) is 36.5 Å². The summed E-state index contributed by atoms with van der Waals surface area (Å²) in [5.41, 5.74) is 6.28. The molecule has 2 aromatic heterocycles. The van der Waals surface area contributed by atoms with Gasteiger partial charge in [0.1, 0.15) is 0 Å². The van der Waals surface area contributed by atoms with Gasteiger partial charge in [-0.1, -0.05) is 53.7 Å². The van der Waals surface area contributed by atoms with Gasteiger partial charge in [0.15, 0.2) is 5.16 Å². The third-order valence-corrected chi connectivity index (χ3v) is 7.12. The molecule has 1 atom stereocenters. The first-order valence-corrected chi connectivity index (χ1v) is 12.6. The van der Waals surface area contributed by atoms with Gasteiger partial charge >= 0.3 is 0 Å². The molecule has 6 nitrogen and oxygen atoms in total. The number of amides is 1. The zero-order chi connectivity index (χ0) is 23.3. The van der Waals surface area contributed by atoms with Crippen LogP contribution < -0.4 is 5.32 Å². The van der Waals surface area contributed by atoms with Crippen molar-refractivity contribution in [3.63, 3.8) is 0 Å². The van der Waals surface area contributed by atoms with Gasteiger partial charge in [0.05, 0.1) is 29.9 Å². The molecule has 2 aromatic carbocycles. The van der Waals surface area contributed by atoms with Gasteiger partial charge in [0, 0.05) is 30.7 Å². The summed E-state index contributed by atoms with van der Waals surface area (Å²) < 4.78 is 7.80. The molecule has 0 radical (unpaired) electrons. The van der Waals surface area contributed by atoms with Crippen LogP contribution in [0.1, 0.15) is 39.9 Å². The highest BCUT2D eigenvalue weighted by atomic mass is 32.2. The van der Waals surface area contributed by atoms with Gasteiger partial charge in [0.25, 0.3) is 5.91 Å². The highest BCUT2D eigenvalue weighted by Crippen LogP contribution is 2.27. The Kier molecular flexibility index (Phi) is 6.92. The lowest BCUT2D eigenvalue weighted by Gasteiger charge is -2.11. The fourth-order valence-electron chi connectivity index (χ4n) is 4.10. The van der Waals surface area contributed by atoms with Crippen LogP contribution in [0.5, 0.6) is 0 Å². The van der Waals surface area contributed by atoms with Crippen molar-refractivity contribution in [2.24, 2.45) is 0 Å². The average Bonchev–Trinajstić information content (AvgIpc) is 3.51. The molecule has 0 bridgehead atoms. The molecule has 1 amide bonds. The number of carbonyl (C=O) groups is 1. The molecule has 1 fully saturated rings. The van der Waals surface area contributed by atoms with E-state index in [0.717, 1.165) is 53.5 Å². The number of aromatic nitrogens is 3. The maximum absolute atomic E-state index is 12.4. The number of thioether (sulfide) groups is 1. The van der Waals surface area contributed by atoms with Gasteiger partial charge in [0.2, 0.25) is 0 Å². The first-order valence-electron chi connectivity index (χ1n) is 11.6. The number of hydrogen-bond acceptors (Lipinski definition) is 5. The third-order valence-electron chi connectivity index (χ3n) is 6.08. The second kappa shape index (κ2) is 10.4. The molecule has 3 heterocycles. The zero-order valence-corrected chi connectivity index (χ0v) is 20.1. The predicted molar refractivity (Wildman–Crippen MR) is 135 cm³/mol. The first kappa shape index (κ1) is 22.6. The van der Waals surface area contributed by atoms with Crippen LogP contribution in [0.4, 0.5) is 0 Å². The van der Waals surface area contributed by atoms with Crippen molar-refractivity contribution in [2.75, 3.05) is 13.2 Å². The molecular weight excluding hydrogens is 444 g/mol. The van der Waals surface area contributed by atoms with Gasteiger partial charge < -0.3 is 14.6 Å². The number of aryl methyl sites for hydroxylation is 1. The highest BCUT2D eigenvalue weighted by Gasteiger charge is 2.17. The molecule has 4 aromatic rings. The number of pyridine rings is 1. The summed E-state index contributed by atoms with van der Waals surface area (Å²) in [4.78, 5) is 21.6. The van der Waals surface area contributed by atoms with Gasteiger partial charge in [-0.15, -0.1) is 0 Å². The van der Waals surface area contributed by atoms with Gasteiger partial charge in [-0.3, -0.25) is 9.78 Å². The summed E-state index contributed by atoms with van der Waals surface area (Å²) in [6.45, 7) is 4.21. The zero-order valence-electron chi connectivity index (χ0n) is 19.2. The van der Waals surface area contributed by atoms with E-state index in [-0.39, 0.29) is 12.0 Å². The lowest BCUT2D eigenvalue weighted by Crippen LogP contribution is -2.31. The second-order valence-electron chi connectivity index (χ2n) is 8.66. The molecule has 0 aliphatic carbocycles. The monoisotopic (exact) mass is 472 g/mol. The third kappa shape index (κ3) is 5.32. The fourth-order valence-corrected chi connectivity index (χ4v) is 5.07. The van der Waals surface area contributed by atoms with Crippen molar-refractivity contribution in [1.82, 2.24) is 19.9 Å². The van der Waals surface area contributed by atoms with Crippen LogP contribution in [-0.4, -0.2) is 39.7 Å². The van der Waals surface area contributed by atoms with Crippen LogP contribution in [-0.2, 0) is 17.0 Å². The Balaban J connectivity index is 1.26. The van der Waals surface area contributed by atoms with E-state index in [0.29, 0.717) is 12.1 Å². The molecule has 0 saturated carbocycles. The van der Waals surface area contributed by atoms with Crippen molar-refractivity contribution in [3.8, 4) is 0 Å². The minimum Gasteiger partial charge on any atom is -0.376 e. The largest absolute Gasteiger partial charge is 0.376 e. The van der Waals surface area contributed by atoms with Gasteiger partial charge in [-0.25, -0.2) is 4.98 Å². The number of rotatable bonds is 8. The molecule has 1 aliphatic rings. The lowest BCUT2D eigenvalue weighted by atomic mass is 10.1. The number of imidazole rings is 1. The maximum atomic E-state index is 12.4. The minimum atomic E-state index is -0.0536. The minimum absolute atomic E-state index is 0.0536. The quantitative estimate of drug-likeness (QED) is 0.366. The number of benzene rings is 2. The summed E-state index contributed by atoms with van der Waals surface area (Å²) in [5.74, 6) is 0.713. The molecule has 1 N–H and O–H groups in total. The summed E-state index contributed by atoms with van der Waals surface area (Å²) in [7, 11) is 0. The molecule has 34 heavy (non-hydrogen) atoms. The topological polar surface area (TPSA) is 69.0 Å². The normalized spacial score (nSPS) is 15.6. The van der Waals surface area contributed by atoms with Crippen molar-refractivity contribution >= 4 is 28.7 Å². The number of ether oxygens (including phenoxy) is 1. The summed E-state index contributed by atoms with van der Waals surface area (Å²) in [6, 6.07) is 18.4. The number of fused-ring (bicyclic) bond motifs is 1. The molecule has 0 spiro atoms. The molecule has 174 valence electrons. The molecule has 5 rings (SSSR count). The van der Waals surface area contributed by atoms with Crippen molar-refractivity contribution in [3.05, 3.63) is 89.2 Å². The molecule has 7 heteroatoms. The van der Waals surface area contributed by atoms with E-state index in [1.165, 1.54) is 11.1 Å². The Morgan fingerprint density at radius 3 is 2.68 bits per heavy atom. The van der Waals surface area contributed by atoms with Crippen molar-refractivity contribution in [1.29, 1.82) is 0 Å². The Bertz CT molecular complexity index is 1260.